The van der Waals surface area contributed by atoms with Crippen molar-refractivity contribution in [1.82, 2.24) is 0 Å². The van der Waals surface area contributed by atoms with Crippen molar-refractivity contribution in [2.75, 3.05) is 85.9 Å². The highest BCUT2D eigenvalue weighted by atomic mass is 19.3. The fourth-order valence-electron chi connectivity index (χ4n) is 2.33. The molecule has 0 aromatic rings. The lowest BCUT2D eigenvalue weighted by molar-refractivity contribution is -0.518. The number of alkyl halides is 6. The van der Waals surface area contributed by atoms with Gasteiger partial charge in [0.05, 0.1) is 72.7 Å². The summed E-state index contributed by atoms with van der Waals surface area (Å²) in [5.74, 6) is 0. The van der Waals surface area contributed by atoms with E-state index in [1.165, 1.54) is 6.08 Å². The van der Waals surface area contributed by atoms with Crippen LogP contribution in [0.2, 0.25) is 0 Å². The molecule has 0 saturated heterocycles. The predicted octanol–water partition coefficient (Wildman–Crippen LogP) is 0.116. The van der Waals surface area contributed by atoms with Crippen LogP contribution >= 0.6 is 0 Å². The smallest absolute Gasteiger partial charge is 0.394 e. The summed E-state index contributed by atoms with van der Waals surface area (Å²) in [6, 6.07) is 0. The quantitative estimate of drug-likeness (QED) is 0.0442. The molecule has 0 aliphatic heterocycles. The van der Waals surface area contributed by atoms with Crippen LogP contribution in [0.5, 0.6) is 0 Å². The molecule has 0 saturated carbocycles. The van der Waals surface area contributed by atoms with Crippen molar-refractivity contribution in [2.45, 2.75) is 36.8 Å². The lowest BCUT2D eigenvalue weighted by Gasteiger charge is -2.26. The summed E-state index contributed by atoms with van der Waals surface area (Å²) in [6.07, 6.45) is -17.0. The van der Waals surface area contributed by atoms with Crippen molar-refractivity contribution < 1.29 is 84.7 Å². The number of halogens is 6. The fourth-order valence-corrected chi connectivity index (χ4v) is 2.33. The van der Waals surface area contributed by atoms with Gasteiger partial charge in [-0.25, -0.2) is 9.47 Å². The first-order valence-electron chi connectivity index (χ1n) is 11.5. The summed E-state index contributed by atoms with van der Waals surface area (Å²) < 4.78 is 115. The maximum atomic E-state index is 13.6. The van der Waals surface area contributed by atoms with E-state index < -0.39 is 69.9 Å². The van der Waals surface area contributed by atoms with Crippen LogP contribution in [0.4, 0.5) is 26.3 Å². The fraction of sp³-hybridized carbons (Fsp3) is 0.905. The molecule has 0 aromatic heterocycles. The normalized spacial score (nSPS) is 15.3. The second kappa shape index (κ2) is 20.7. The van der Waals surface area contributed by atoms with Gasteiger partial charge in [-0.15, -0.1) is 15.4 Å². The molecule has 0 amide bonds. The maximum absolute atomic E-state index is 13.6. The maximum Gasteiger partial charge on any atom is 0.495 e. The van der Waals surface area contributed by atoms with E-state index in [2.05, 4.69) is 30.3 Å². The zero-order valence-corrected chi connectivity index (χ0v) is 21.0. The minimum atomic E-state index is -5.45. The Labute approximate surface area is 220 Å². The summed E-state index contributed by atoms with van der Waals surface area (Å²) in [6.45, 7) is -3.23. The number of hydrogen-bond acceptors (Lipinski definition) is 12. The van der Waals surface area contributed by atoms with E-state index in [1.807, 2.05) is 0 Å². The Hall–Kier alpha value is -1.16. The number of ether oxygens (including phenoxy) is 8. The summed E-state index contributed by atoms with van der Waals surface area (Å²) in [5, 5.41) is 37.0. The predicted molar refractivity (Wildman–Crippen MR) is 117 cm³/mol. The van der Waals surface area contributed by atoms with Crippen LogP contribution in [0.3, 0.4) is 0 Å². The topological polar surface area (TPSA) is 155 Å². The molecule has 18 heteroatoms. The van der Waals surface area contributed by atoms with Crippen molar-refractivity contribution in [3.8, 4) is 0 Å². The summed E-state index contributed by atoms with van der Waals surface area (Å²) >= 11 is 0. The van der Waals surface area contributed by atoms with Crippen molar-refractivity contribution in [3.63, 3.8) is 0 Å². The van der Waals surface area contributed by atoms with E-state index in [0.29, 0.717) is 0 Å². The zero-order chi connectivity index (χ0) is 29.8. The highest BCUT2D eigenvalue weighted by molar-refractivity contribution is 4.65. The highest BCUT2D eigenvalue weighted by Crippen LogP contribution is 2.33. The van der Waals surface area contributed by atoms with Gasteiger partial charge in [-0.1, -0.05) is 6.08 Å². The average molecular weight is 594 g/mol. The van der Waals surface area contributed by atoms with Crippen molar-refractivity contribution in [2.24, 2.45) is 0 Å². The van der Waals surface area contributed by atoms with Gasteiger partial charge in [0.15, 0.2) is 0 Å². The van der Waals surface area contributed by atoms with E-state index in [1.54, 1.807) is 0 Å². The Morgan fingerprint density at radius 3 is 1.51 bits per heavy atom. The van der Waals surface area contributed by atoms with E-state index in [0.717, 1.165) is 0 Å². The van der Waals surface area contributed by atoms with Crippen LogP contribution in [0.25, 0.3) is 0 Å². The van der Waals surface area contributed by atoms with Gasteiger partial charge in [0, 0.05) is 0 Å². The molecule has 0 radical (unpaired) electrons. The SMILES string of the molecule is C=CCOCC(O)COCC(O)COCCOCC(F)(F)OC(F)(F)OC(F)(F)COCC(O)COCCO. The third-order valence-corrected chi connectivity index (χ3v) is 3.78. The molecule has 0 aliphatic carbocycles. The van der Waals surface area contributed by atoms with Gasteiger partial charge in [0.1, 0.15) is 31.5 Å². The van der Waals surface area contributed by atoms with Crippen LogP contribution in [-0.4, -0.2) is 143 Å². The van der Waals surface area contributed by atoms with Crippen molar-refractivity contribution in [1.29, 1.82) is 0 Å². The monoisotopic (exact) mass is 594 g/mol. The molecular weight excluding hydrogens is 558 g/mol. The lowest BCUT2D eigenvalue weighted by atomic mass is 10.4. The molecule has 3 atom stereocenters. The molecule has 39 heavy (non-hydrogen) atoms. The van der Waals surface area contributed by atoms with Crippen LogP contribution in [0, 0.1) is 0 Å². The number of rotatable bonds is 27. The van der Waals surface area contributed by atoms with Gasteiger partial charge in [-0.2, -0.15) is 17.6 Å². The molecule has 0 aliphatic rings. The van der Waals surface area contributed by atoms with Gasteiger partial charge in [-0.05, 0) is 0 Å². The average Bonchev–Trinajstić information content (AvgIpc) is 2.80. The van der Waals surface area contributed by atoms with Crippen LogP contribution in [0.1, 0.15) is 0 Å². The molecule has 0 spiro atoms. The standard InChI is InChI=1S/C21H36F6O12/c1-2-4-32-8-16(29)11-36-12-17(30)10-34-6-7-35-14-19(22,23)38-21(26,27)39-20(24,25)15-37-13-18(31)9-33-5-3-28/h2,16-18,28-31H,1,3-15H2. The number of hydrogen-bond donors (Lipinski definition) is 4. The van der Waals surface area contributed by atoms with Crippen LogP contribution < -0.4 is 0 Å². The Morgan fingerprint density at radius 2 is 1.00 bits per heavy atom. The molecule has 0 heterocycles. The minimum absolute atomic E-state index is 0.00626. The minimum Gasteiger partial charge on any atom is -0.394 e. The van der Waals surface area contributed by atoms with Gasteiger partial charge in [-0.3, -0.25) is 0 Å². The van der Waals surface area contributed by atoms with E-state index in [4.69, 9.17) is 19.3 Å². The molecule has 12 nitrogen and oxygen atoms in total. The summed E-state index contributed by atoms with van der Waals surface area (Å²) in [4.78, 5) is 0. The Morgan fingerprint density at radius 1 is 0.590 bits per heavy atom. The van der Waals surface area contributed by atoms with Crippen LogP contribution in [-0.2, 0) is 37.9 Å². The first-order valence-corrected chi connectivity index (χ1v) is 11.5. The number of aliphatic hydroxyl groups is 4. The molecule has 4 N–H and O–H groups in total. The third kappa shape index (κ3) is 23.3. The first-order chi connectivity index (χ1) is 18.2. The molecule has 0 aromatic carbocycles. The van der Waals surface area contributed by atoms with Crippen molar-refractivity contribution in [3.05, 3.63) is 12.7 Å². The molecule has 234 valence electrons. The molecule has 0 bridgehead atoms. The first kappa shape index (κ1) is 37.8. The van der Waals surface area contributed by atoms with Crippen LogP contribution in [0.15, 0.2) is 12.7 Å². The van der Waals surface area contributed by atoms with Gasteiger partial charge in [0.25, 0.3) is 0 Å². The zero-order valence-electron chi connectivity index (χ0n) is 21.0. The highest BCUT2D eigenvalue weighted by Gasteiger charge is 2.52. The molecule has 3 unspecified atom stereocenters. The van der Waals surface area contributed by atoms with E-state index in [-0.39, 0.29) is 52.9 Å². The second-order valence-corrected chi connectivity index (χ2v) is 7.71. The molecule has 0 rings (SSSR count). The van der Waals surface area contributed by atoms with Crippen molar-refractivity contribution >= 4 is 0 Å². The van der Waals surface area contributed by atoms with Gasteiger partial charge >= 0.3 is 18.5 Å². The molecule has 0 fully saturated rings. The van der Waals surface area contributed by atoms with E-state index >= 15 is 0 Å². The van der Waals surface area contributed by atoms with Gasteiger partial charge < -0.3 is 48.8 Å². The third-order valence-electron chi connectivity index (χ3n) is 3.78. The summed E-state index contributed by atoms with van der Waals surface area (Å²) in [5.41, 5.74) is 0. The Balaban J connectivity index is 4.10. The second-order valence-electron chi connectivity index (χ2n) is 7.71. The lowest BCUT2D eigenvalue weighted by Crippen LogP contribution is -2.44. The largest absolute Gasteiger partial charge is 0.495 e. The van der Waals surface area contributed by atoms with E-state index in [9.17, 15) is 41.7 Å². The molecular formula is C21H36F6O12. The summed E-state index contributed by atoms with van der Waals surface area (Å²) in [7, 11) is 0. The Kier molecular flexibility index (Phi) is 20.1. The van der Waals surface area contributed by atoms with Gasteiger partial charge in [0.2, 0.25) is 0 Å². The number of aliphatic hydroxyl groups excluding tert-OH is 4. The Bertz CT molecular complexity index is 620.